The minimum atomic E-state index is 0.00919. The average molecular weight is 503 g/mol. The van der Waals surface area contributed by atoms with Gasteiger partial charge in [-0.2, -0.15) is 5.10 Å². The van der Waals surface area contributed by atoms with E-state index in [1.807, 2.05) is 9.08 Å². The second-order valence-corrected chi connectivity index (χ2v) is 11.3. The molecule has 0 atom stereocenters. The number of H-pyrrole nitrogens is 1. The Morgan fingerprint density at radius 1 is 1.05 bits per heavy atom. The van der Waals surface area contributed by atoms with E-state index < -0.39 is 0 Å². The molecular weight excluding hydrogens is 460 g/mol. The van der Waals surface area contributed by atoms with Gasteiger partial charge in [-0.3, -0.25) is 4.57 Å². The molecule has 1 saturated carbocycles. The van der Waals surface area contributed by atoms with Crippen molar-refractivity contribution in [2.75, 3.05) is 6.54 Å². The van der Waals surface area contributed by atoms with Crippen LogP contribution in [-0.2, 0) is 0 Å². The Kier molecular flexibility index (Phi) is 7.26. The number of hydrogen-bond acceptors (Lipinski definition) is 4. The molecule has 3 heterocycles. The molecule has 1 aromatic carbocycles. The molecule has 1 aliphatic carbocycles. The molecule has 7 nitrogen and oxygen atoms in total. The van der Waals surface area contributed by atoms with Crippen molar-refractivity contribution in [2.24, 2.45) is 5.92 Å². The lowest BCUT2D eigenvalue weighted by Gasteiger charge is -2.31. The van der Waals surface area contributed by atoms with Crippen LogP contribution in [-0.4, -0.2) is 36.7 Å². The molecule has 0 bridgehead atoms. The van der Waals surface area contributed by atoms with Crippen molar-refractivity contribution in [1.29, 1.82) is 0 Å². The summed E-state index contributed by atoms with van der Waals surface area (Å²) in [6.07, 6.45) is 10.4. The molecule has 1 fully saturated rings. The molecular formula is C30H42N6O. The normalized spacial score (nSPS) is 18.6. The third kappa shape index (κ3) is 4.74. The molecule has 0 spiro atoms. The highest BCUT2D eigenvalue weighted by molar-refractivity contribution is 5.86. The SMILES string of the molecule is CCC(CC)CN[C@H]1CC[C@@H](n2c(=O)[nH]c3cc(-c4cn5ncnc5c(C)c4C)c(C(C)C)cc32)CC1. The molecule has 1 aliphatic rings. The van der Waals surface area contributed by atoms with Crippen LogP contribution in [0.25, 0.3) is 27.8 Å². The van der Waals surface area contributed by atoms with Gasteiger partial charge in [0.15, 0.2) is 5.65 Å². The summed E-state index contributed by atoms with van der Waals surface area (Å²) in [4.78, 5) is 20.9. The summed E-state index contributed by atoms with van der Waals surface area (Å²) in [5.74, 6) is 1.07. The number of pyridine rings is 1. The summed E-state index contributed by atoms with van der Waals surface area (Å²) in [5.41, 5.74) is 8.71. The van der Waals surface area contributed by atoms with Gasteiger partial charge in [-0.05, 0) is 92.3 Å². The molecule has 0 aliphatic heterocycles. The summed E-state index contributed by atoms with van der Waals surface area (Å²) < 4.78 is 3.90. The minimum Gasteiger partial charge on any atom is -0.314 e. The van der Waals surface area contributed by atoms with E-state index in [0.29, 0.717) is 12.0 Å². The van der Waals surface area contributed by atoms with E-state index in [1.165, 1.54) is 24.0 Å². The molecule has 0 amide bonds. The number of rotatable bonds is 8. The van der Waals surface area contributed by atoms with Gasteiger partial charge in [0.1, 0.15) is 6.33 Å². The number of benzene rings is 1. The minimum absolute atomic E-state index is 0.00919. The van der Waals surface area contributed by atoms with Crippen molar-refractivity contribution in [3.05, 3.63) is 51.8 Å². The zero-order chi connectivity index (χ0) is 26.3. The molecule has 0 radical (unpaired) electrons. The highest BCUT2D eigenvalue weighted by Crippen LogP contribution is 2.37. The fraction of sp³-hybridized carbons (Fsp3) is 0.567. The fourth-order valence-electron chi connectivity index (χ4n) is 6.18. The molecule has 37 heavy (non-hydrogen) atoms. The van der Waals surface area contributed by atoms with Crippen LogP contribution in [0.3, 0.4) is 0 Å². The highest BCUT2D eigenvalue weighted by Gasteiger charge is 2.26. The first-order valence-electron chi connectivity index (χ1n) is 14.1. The number of nitrogens with zero attached hydrogens (tertiary/aromatic N) is 4. The van der Waals surface area contributed by atoms with Crippen molar-refractivity contribution < 1.29 is 0 Å². The lowest BCUT2D eigenvalue weighted by atomic mass is 9.88. The smallest absolute Gasteiger partial charge is 0.314 e. The van der Waals surface area contributed by atoms with Gasteiger partial charge >= 0.3 is 5.69 Å². The van der Waals surface area contributed by atoms with Gasteiger partial charge in [0, 0.05) is 23.8 Å². The standard InChI is InChI=1S/C30H42N6O/c1-7-21(8-2)15-31-22-9-11-23(12-10-22)36-28-14-24(18(3)4)25(13-27(28)34-30(36)37)26-16-35-29(32-17-33-35)20(6)19(26)5/h13-14,16-18,21-23,31H,7-12,15H2,1-6H3,(H,34,37)/t22-,23+. The molecule has 0 saturated heterocycles. The number of aromatic amines is 1. The third-order valence-corrected chi connectivity index (χ3v) is 8.84. The van der Waals surface area contributed by atoms with Gasteiger partial charge in [0.25, 0.3) is 0 Å². The van der Waals surface area contributed by atoms with Crippen LogP contribution in [0.1, 0.15) is 94.9 Å². The van der Waals surface area contributed by atoms with E-state index in [-0.39, 0.29) is 11.7 Å². The monoisotopic (exact) mass is 502 g/mol. The number of aryl methyl sites for hydroxylation is 1. The maximum atomic E-state index is 13.3. The predicted octanol–water partition coefficient (Wildman–Crippen LogP) is 6.29. The van der Waals surface area contributed by atoms with Crippen molar-refractivity contribution in [2.45, 2.75) is 98.1 Å². The first kappa shape index (κ1) is 25.7. The van der Waals surface area contributed by atoms with Crippen LogP contribution in [0, 0.1) is 19.8 Å². The molecule has 4 aromatic rings. The maximum absolute atomic E-state index is 13.3. The number of hydrogen-bond donors (Lipinski definition) is 2. The second kappa shape index (κ2) is 10.4. The van der Waals surface area contributed by atoms with E-state index in [2.05, 4.69) is 80.3 Å². The van der Waals surface area contributed by atoms with Gasteiger partial charge in [-0.1, -0.05) is 40.5 Å². The van der Waals surface area contributed by atoms with Crippen LogP contribution < -0.4 is 11.0 Å². The van der Waals surface area contributed by atoms with Crippen molar-refractivity contribution in [3.8, 4) is 11.1 Å². The summed E-state index contributed by atoms with van der Waals surface area (Å²) in [5, 5.41) is 8.20. The van der Waals surface area contributed by atoms with Gasteiger partial charge in [-0.25, -0.2) is 14.3 Å². The molecule has 198 valence electrons. The van der Waals surface area contributed by atoms with Crippen molar-refractivity contribution in [3.63, 3.8) is 0 Å². The number of imidazole rings is 1. The number of nitrogens with one attached hydrogen (secondary N) is 2. The predicted molar refractivity (Wildman–Crippen MR) is 151 cm³/mol. The highest BCUT2D eigenvalue weighted by atomic mass is 16.1. The van der Waals surface area contributed by atoms with Crippen molar-refractivity contribution >= 4 is 16.7 Å². The second-order valence-electron chi connectivity index (χ2n) is 11.3. The van der Waals surface area contributed by atoms with E-state index in [1.54, 1.807) is 6.33 Å². The van der Waals surface area contributed by atoms with E-state index in [4.69, 9.17) is 0 Å². The van der Waals surface area contributed by atoms with E-state index in [0.717, 1.165) is 71.5 Å². The fourth-order valence-corrected chi connectivity index (χ4v) is 6.18. The van der Waals surface area contributed by atoms with Gasteiger partial charge in [0.2, 0.25) is 0 Å². The quantitative estimate of drug-likeness (QED) is 0.297. The third-order valence-electron chi connectivity index (χ3n) is 8.84. The summed E-state index contributed by atoms with van der Waals surface area (Å²) in [7, 11) is 0. The molecule has 3 aromatic heterocycles. The average Bonchev–Trinajstić information content (AvgIpc) is 3.49. The Morgan fingerprint density at radius 2 is 1.78 bits per heavy atom. The Labute approximate surface area is 219 Å². The zero-order valence-electron chi connectivity index (χ0n) is 23.3. The lowest BCUT2D eigenvalue weighted by molar-refractivity contribution is 0.278. The van der Waals surface area contributed by atoms with Gasteiger partial charge in [0.05, 0.1) is 11.0 Å². The van der Waals surface area contributed by atoms with Crippen LogP contribution in [0.2, 0.25) is 0 Å². The number of aromatic nitrogens is 5. The lowest BCUT2D eigenvalue weighted by Crippen LogP contribution is -2.37. The summed E-state index contributed by atoms with van der Waals surface area (Å²) >= 11 is 0. The van der Waals surface area contributed by atoms with Crippen LogP contribution >= 0.6 is 0 Å². The summed E-state index contributed by atoms with van der Waals surface area (Å²) in [6, 6.07) is 5.24. The Balaban J connectivity index is 1.48. The first-order chi connectivity index (χ1) is 17.8. The molecule has 0 unspecified atom stereocenters. The molecule has 5 rings (SSSR count). The van der Waals surface area contributed by atoms with E-state index in [9.17, 15) is 4.79 Å². The maximum Gasteiger partial charge on any atom is 0.326 e. The van der Waals surface area contributed by atoms with E-state index >= 15 is 0 Å². The van der Waals surface area contributed by atoms with Crippen molar-refractivity contribution in [1.82, 2.24) is 29.5 Å². The largest absolute Gasteiger partial charge is 0.326 e. The van der Waals surface area contributed by atoms with Crippen LogP contribution in [0.5, 0.6) is 0 Å². The van der Waals surface area contributed by atoms with Crippen LogP contribution in [0.15, 0.2) is 29.5 Å². The molecule has 2 N–H and O–H groups in total. The first-order valence-corrected chi connectivity index (χ1v) is 14.1. The Hall–Kier alpha value is -2.93. The number of fused-ring (bicyclic) bond motifs is 2. The zero-order valence-corrected chi connectivity index (χ0v) is 23.3. The topological polar surface area (TPSA) is 80.0 Å². The Morgan fingerprint density at radius 3 is 2.46 bits per heavy atom. The molecule has 7 heteroatoms. The van der Waals surface area contributed by atoms with Gasteiger partial charge in [-0.15, -0.1) is 0 Å². The Bertz CT molecular complexity index is 1450. The van der Waals surface area contributed by atoms with Crippen LogP contribution in [0.4, 0.5) is 0 Å². The summed E-state index contributed by atoms with van der Waals surface area (Å²) in [6.45, 7) is 14.4. The van der Waals surface area contributed by atoms with Gasteiger partial charge < -0.3 is 10.3 Å².